The summed E-state index contributed by atoms with van der Waals surface area (Å²) < 4.78 is 0. The van der Waals surface area contributed by atoms with Crippen molar-refractivity contribution in [2.45, 2.75) is 116 Å². The number of aromatic nitrogens is 8. The van der Waals surface area contributed by atoms with E-state index in [9.17, 15) is 4.79 Å². The highest BCUT2D eigenvalue weighted by atomic mass is 32.2. The summed E-state index contributed by atoms with van der Waals surface area (Å²) in [4.78, 5) is 52.0. The van der Waals surface area contributed by atoms with Gasteiger partial charge >= 0.3 is 0 Å². The highest BCUT2D eigenvalue weighted by Crippen LogP contribution is 2.46. The number of H-pyrrole nitrogens is 4. The summed E-state index contributed by atoms with van der Waals surface area (Å²) in [6.07, 6.45) is 17.4. The monoisotopic (exact) mass is 1530 g/mol. The van der Waals surface area contributed by atoms with Gasteiger partial charge in [0.1, 0.15) is 0 Å². The highest BCUT2D eigenvalue weighted by Gasteiger charge is 2.27. The predicted molar refractivity (Wildman–Crippen MR) is 495 cm³/mol. The molecule has 18 rings (SSSR count). The maximum atomic E-state index is 12.3. The molecule has 8 aromatic carbocycles. The Hall–Kier alpha value is -13.5. The summed E-state index contributed by atoms with van der Waals surface area (Å²) in [6.45, 7) is 34.5. The largest absolute Gasteiger partial charge is 0.354 e. The Balaban J connectivity index is 0.795. The minimum Gasteiger partial charge on any atom is -0.354 e. The molecule has 4 N–H and O–H groups in total. The van der Waals surface area contributed by atoms with Gasteiger partial charge in [-0.05, 0) is 338 Å². The molecule has 0 amide bonds. The fourth-order valence-corrected chi connectivity index (χ4v) is 19.6. The van der Waals surface area contributed by atoms with Gasteiger partial charge in [-0.2, -0.15) is 0 Å². The number of fused-ring (bicyclic) bond motifs is 16. The molecule has 14 aromatic rings. The van der Waals surface area contributed by atoms with Crippen LogP contribution in [0.2, 0.25) is 0 Å². The minimum atomic E-state index is 0.0393. The van der Waals surface area contributed by atoms with Crippen LogP contribution in [-0.4, -0.2) is 45.0 Å². The van der Waals surface area contributed by atoms with E-state index in [4.69, 9.17) is 19.9 Å². The zero-order valence-corrected chi connectivity index (χ0v) is 69.9. The van der Waals surface area contributed by atoms with Gasteiger partial charge in [-0.3, -0.25) is 4.79 Å². The van der Waals surface area contributed by atoms with Gasteiger partial charge in [0.25, 0.3) is 0 Å². The van der Waals surface area contributed by atoms with Crippen molar-refractivity contribution in [3.05, 3.63) is 322 Å². The molecule has 0 atom stereocenters. The van der Waals surface area contributed by atoms with Crippen molar-refractivity contribution in [1.82, 2.24) is 39.9 Å². The molecule has 0 unspecified atom stereocenters. The average Bonchev–Trinajstić information content (AvgIpc) is 1.61. The number of hydrogen-bond acceptors (Lipinski definition) is 6. The lowest BCUT2D eigenvalue weighted by molar-refractivity contribution is -0.109. The first kappa shape index (κ1) is 74.9. The van der Waals surface area contributed by atoms with Crippen LogP contribution in [-0.2, 0) is 4.79 Å². The topological polar surface area (TPSA) is 132 Å². The summed E-state index contributed by atoms with van der Waals surface area (Å²) >= 11 is 1.23. The minimum absolute atomic E-state index is 0.0393. The second-order valence-electron chi connectivity index (χ2n) is 32.4. The van der Waals surface area contributed by atoms with E-state index in [1.807, 2.05) is 12.1 Å². The molecule has 117 heavy (non-hydrogen) atoms. The highest BCUT2D eigenvalue weighted by molar-refractivity contribution is 8.13. The SMILES string of the molecule is CC(=O)Sc1ccc(-c2c3nc(c(-c4c(C)cc(C)cc4C)c4ccc([nH]4)c(-c4ccc(C#Cc5ccc(-c6c7nc(c(-c8c(C)cc(C)cc8C)c8ccc([nH]8)c(-c8c(C)cc(C)cc8C)c8nc(c(-c9c(C)cc(C)cc9C)c9ccc6[nH]9)C=C8)C=C7)cc5)cc4)c4nc(c(-c5c(C)cc(C)cc5C)c5ccc2[nH]5)C=C4)C=C3)cc1. The van der Waals surface area contributed by atoms with E-state index in [1.54, 1.807) is 6.92 Å². The summed E-state index contributed by atoms with van der Waals surface area (Å²) in [5.41, 5.74) is 50.6. The van der Waals surface area contributed by atoms with Gasteiger partial charge in [0.15, 0.2) is 5.12 Å². The molecule has 0 fully saturated rings. The molecule has 16 bridgehead atoms. The van der Waals surface area contributed by atoms with E-state index in [0.717, 1.165) is 211 Å². The van der Waals surface area contributed by atoms with Gasteiger partial charge in [-0.1, -0.05) is 148 Å². The zero-order chi connectivity index (χ0) is 81.1. The Bertz CT molecular complexity index is 6970. The molecule has 0 saturated heterocycles. The van der Waals surface area contributed by atoms with Crippen LogP contribution >= 0.6 is 11.8 Å². The first-order chi connectivity index (χ1) is 56.4. The van der Waals surface area contributed by atoms with Gasteiger partial charge in [0.2, 0.25) is 0 Å². The van der Waals surface area contributed by atoms with Crippen molar-refractivity contribution in [1.29, 1.82) is 0 Å². The molecular weight excluding hydrogens is 1450 g/mol. The maximum absolute atomic E-state index is 12.3. The number of carbonyl (C=O) groups excluding carboxylic acids is 1. The second-order valence-corrected chi connectivity index (χ2v) is 33.6. The molecule has 0 radical (unpaired) electrons. The van der Waals surface area contributed by atoms with Crippen molar-refractivity contribution in [3.63, 3.8) is 0 Å². The van der Waals surface area contributed by atoms with Gasteiger partial charge < -0.3 is 19.9 Å². The van der Waals surface area contributed by atoms with Gasteiger partial charge in [0.05, 0.1) is 45.6 Å². The van der Waals surface area contributed by atoms with E-state index >= 15 is 0 Å². The second kappa shape index (κ2) is 29.7. The summed E-state index contributed by atoms with van der Waals surface area (Å²) in [5.74, 6) is 7.14. The molecule has 6 aromatic heterocycles. The molecule has 10 heterocycles. The first-order valence-corrected chi connectivity index (χ1v) is 41.0. The number of nitrogens with zero attached hydrogens (tertiary/aromatic N) is 4. The molecular formula is C107H90N8OS. The number of aryl methyl sites for hydroxylation is 15. The number of aromatic amines is 4. The molecule has 9 nitrogen and oxygen atoms in total. The van der Waals surface area contributed by atoms with Crippen LogP contribution in [0.4, 0.5) is 0 Å². The lowest BCUT2D eigenvalue weighted by atomic mass is 9.92. The quantitative estimate of drug-likeness (QED) is 0.0841. The van der Waals surface area contributed by atoms with E-state index in [1.165, 1.54) is 78.5 Å². The van der Waals surface area contributed by atoms with Crippen molar-refractivity contribution in [2.75, 3.05) is 0 Å². The van der Waals surface area contributed by atoms with Crippen molar-refractivity contribution >= 4 is 110 Å². The first-order valence-electron chi connectivity index (χ1n) is 40.2. The van der Waals surface area contributed by atoms with Gasteiger partial charge in [0, 0.05) is 112 Å². The van der Waals surface area contributed by atoms with E-state index < -0.39 is 0 Å². The maximum Gasteiger partial charge on any atom is 0.190 e. The molecule has 10 heteroatoms. The smallest absolute Gasteiger partial charge is 0.190 e. The average molecular weight is 1540 g/mol. The lowest BCUT2D eigenvalue weighted by Crippen LogP contribution is -1.96. The number of nitrogens with one attached hydrogen (secondary N) is 4. The van der Waals surface area contributed by atoms with Crippen molar-refractivity contribution in [2.24, 2.45) is 0 Å². The van der Waals surface area contributed by atoms with E-state index in [0.29, 0.717) is 0 Å². The van der Waals surface area contributed by atoms with E-state index in [-0.39, 0.29) is 5.12 Å². The molecule has 570 valence electrons. The molecule has 4 aliphatic heterocycles. The number of hydrogen-bond donors (Lipinski definition) is 4. The number of benzene rings is 8. The van der Waals surface area contributed by atoms with Crippen LogP contribution in [0.5, 0.6) is 0 Å². The predicted octanol–water partition coefficient (Wildman–Crippen LogP) is 27.6. The Kier molecular flexibility index (Phi) is 19.0. The third-order valence-corrected chi connectivity index (χ3v) is 24.0. The summed E-state index contributed by atoms with van der Waals surface area (Å²) in [6, 6.07) is 65.9. The third-order valence-electron chi connectivity index (χ3n) is 23.2. The Morgan fingerprint density at radius 2 is 0.419 bits per heavy atom. The summed E-state index contributed by atoms with van der Waals surface area (Å²) in [5, 5.41) is 0.0393. The van der Waals surface area contributed by atoms with Crippen LogP contribution in [0.1, 0.15) is 147 Å². The molecule has 0 saturated carbocycles. The molecule has 4 aliphatic rings. The van der Waals surface area contributed by atoms with Crippen molar-refractivity contribution in [3.8, 4) is 101 Å². The van der Waals surface area contributed by atoms with Crippen LogP contribution in [0.3, 0.4) is 0 Å². The van der Waals surface area contributed by atoms with Gasteiger partial charge in [-0.25, -0.2) is 19.9 Å². The zero-order valence-electron chi connectivity index (χ0n) is 69.0. The normalized spacial score (nSPS) is 12.1. The van der Waals surface area contributed by atoms with Gasteiger partial charge in [-0.15, -0.1) is 0 Å². The molecule has 0 aliphatic carbocycles. The molecule has 0 spiro atoms. The third kappa shape index (κ3) is 13.9. The van der Waals surface area contributed by atoms with E-state index in [2.05, 4.69) is 354 Å². The Morgan fingerprint density at radius 3 is 0.615 bits per heavy atom. The number of thioether (sulfide) groups is 1. The Labute approximate surface area is 688 Å². The fraction of sp³-hybridized carbons (Fsp3) is 0.150. The van der Waals surface area contributed by atoms with Crippen LogP contribution in [0, 0.1) is 116 Å². The lowest BCUT2D eigenvalue weighted by Gasteiger charge is -2.14. The Morgan fingerprint density at radius 1 is 0.239 bits per heavy atom. The summed E-state index contributed by atoms with van der Waals surface area (Å²) in [7, 11) is 0. The fourth-order valence-electron chi connectivity index (χ4n) is 18.9. The van der Waals surface area contributed by atoms with Crippen LogP contribution < -0.4 is 0 Å². The van der Waals surface area contributed by atoms with Crippen molar-refractivity contribution < 1.29 is 4.79 Å². The number of rotatable bonds is 9. The van der Waals surface area contributed by atoms with Crippen LogP contribution in [0.25, 0.3) is 182 Å². The standard InChI is InChI=1S/C107H90N8OS/c1-57-47-62(6)95(63(7)48-57)103-85-37-31-79(108-85)100(80-32-38-86(109-80)104(96-64(8)49-58(2)50-65(96)9)88-42-36-84(113-88)102(83-35-41-87(103)112-83)77-27-29-78(30-28-77)117-72(16)116)75-23-19-73(20-24-75)17-18-74-21-25-76(26-22-74)101-81-33-39-89(110-81)105(97-66(10)51-59(3)52-67(97)11)91-43-45-93(114-91)107(99-70(14)55-61(5)56-71(99)15)94-46-44-92(115-94)106(90-40-34-82(101)111-90)98-68(12)53-60(4)54-69(98)13/h19-56,108,110,113,115H,1-16H3. The number of carbonyl (C=O) groups is 1. The van der Waals surface area contributed by atoms with Crippen LogP contribution in [0.15, 0.2) is 187 Å².